The number of likely N-dealkylation sites (tertiary alicyclic amines) is 2. The molecule has 0 bridgehead atoms. The maximum Gasteiger partial charge on any atom is 0.347 e. The highest BCUT2D eigenvalue weighted by atomic mass is 16.4. The Bertz CT molecular complexity index is 804. The van der Waals surface area contributed by atoms with Gasteiger partial charge in [-0.05, 0) is 6.07 Å². The van der Waals surface area contributed by atoms with Gasteiger partial charge < -0.3 is 14.9 Å². The summed E-state index contributed by atoms with van der Waals surface area (Å²) in [5, 5.41) is 9.70. The number of aromatic nitrogens is 2. The molecule has 2 atom stereocenters. The van der Waals surface area contributed by atoms with Crippen LogP contribution in [0.25, 0.3) is 0 Å². The van der Waals surface area contributed by atoms with Crippen molar-refractivity contribution in [1.82, 2.24) is 19.4 Å². The Morgan fingerprint density at radius 2 is 2.16 bits per heavy atom. The maximum absolute atomic E-state index is 12.5. The number of nitrogens with zero attached hydrogens (tertiary/aromatic N) is 4. The standard InChI is InChI=1S/C16H18N4O5/c1-2-5-19-9-16(14(23)24)10-20(7-11(16)13(19)22)12(21)8-18-6-3-4-17-15(18)25/h2-4,6,11H,1,5,7-10H2,(H,23,24)/t11-,16+/m0/s1. The molecule has 25 heavy (non-hydrogen) atoms. The summed E-state index contributed by atoms with van der Waals surface area (Å²) in [5.74, 6) is -2.56. The second kappa shape index (κ2) is 6.15. The van der Waals surface area contributed by atoms with Gasteiger partial charge in [0.2, 0.25) is 11.8 Å². The molecule has 2 aliphatic rings. The molecule has 3 rings (SSSR count). The lowest BCUT2D eigenvalue weighted by molar-refractivity contribution is -0.150. The van der Waals surface area contributed by atoms with Gasteiger partial charge in [0.1, 0.15) is 12.0 Å². The number of carboxylic acid groups (broad SMARTS) is 1. The second-order valence-electron chi connectivity index (χ2n) is 6.33. The van der Waals surface area contributed by atoms with Crippen LogP contribution in [0.2, 0.25) is 0 Å². The molecule has 0 unspecified atom stereocenters. The monoisotopic (exact) mass is 346 g/mol. The smallest absolute Gasteiger partial charge is 0.347 e. The lowest BCUT2D eigenvalue weighted by Gasteiger charge is -2.24. The molecule has 9 heteroatoms. The van der Waals surface area contributed by atoms with E-state index in [-0.39, 0.29) is 38.6 Å². The third-order valence-electron chi connectivity index (χ3n) is 4.84. The molecule has 3 heterocycles. The largest absolute Gasteiger partial charge is 0.481 e. The fraction of sp³-hybridized carbons (Fsp3) is 0.438. The topological polar surface area (TPSA) is 113 Å². The van der Waals surface area contributed by atoms with Crippen LogP contribution in [0.15, 0.2) is 35.9 Å². The summed E-state index contributed by atoms with van der Waals surface area (Å²) in [6.07, 6.45) is 4.32. The zero-order valence-electron chi connectivity index (χ0n) is 13.5. The zero-order chi connectivity index (χ0) is 18.2. The molecule has 2 saturated heterocycles. The number of fused-ring (bicyclic) bond motifs is 1. The Morgan fingerprint density at radius 1 is 1.40 bits per heavy atom. The number of carbonyl (C=O) groups is 3. The van der Waals surface area contributed by atoms with E-state index in [0.29, 0.717) is 0 Å². The van der Waals surface area contributed by atoms with Gasteiger partial charge in [-0.3, -0.25) is 19.0 Å². The minimum absolute atomic E-state index is 0.0343. The van der Waals surface area contributed by atoms with E-state index in [1.807, 2.05) is 0 Å². The highest BCUT2D eigenvalue weighted by Gasteiger charge is 2.62. The molecule has 0 spiro atoms. The zero-order valence-corrected chi connectivity index (χ0v) is 13.5. The lowest BCUT2D eigenvalue weighted by atomic mass is 9.81. The molecule has 0 aromatic carbocycles. The molecule has 1 N–H and O–H groups in total. The summed E-state index contributed by atoms with van der Waals surface area (Å²) >= 11 is 0. The summed E-state index contributed by atoms with van der Waals surface area (Å²) in [6, 6.07) is 1.53. The highest BCUT2D eigenvalue weighted by Crippen LogP contribution is 2.43. The van der Waals surface area contributed by atoms with Crippen molar-refractivity contribution in [2.24, 2.45) is 11.3 Å². The minimum Gasteiger partial charge on any atom is -0.481 e. The summed E-state index contributed by atoms with van der Waals surface area (Å²) in [7, 11) is 0. The van der Waals surface area contributed by atoms with Gasteiger partial charge in [-0.2, -0.15) is 0 Å². The molecule has 2 aliphatic heterocycles. The van der Waals surface area contributed by atoms with E-state index in [1.54, 1.807) is 6.08 Å². The van der Waals surface area contributed by atoms with E-state index in [0.717, 1.165) is 4.57 Å². The van der Waals surface area contributed by atoms with E-state index in [9.17, 15) is 24.3 Å². The first-order valence-corrected chi connectivity index (χ1v) is 7.81. The van der Waals surface area contributed by atoms with E-state index in [2.05, 4.69) is 11.6 Å². The number of hydrogen-bond acceptors (Lipinski definition) is 5. The van der Waals surface area contributed by atoms with Gasteiger partial charge >= 0.3 is 11.7 Å². The number of amides is 2. The Balaban J connectivity index is 1.80. The Kier molecular flexibility index (Phi) is 4.15. The van der Waals surface area contributed by atoms with Gasteiger partial charge in [0.15, 0.2) is 0 Å². The quantitative estimate of drug-likeness (QED) is 0.670. The summed E-state index contributed by atoms with van der Waals surface area (Å²) in [4.78, 5) is 54.8. The summed E-state index contributed by atoms with van der Waals surface area (Å²) in [5.41, 5.74) is -1.87. The predicted octanol–water partition coefficient (Wildman–Crippen LogP) is -1.20. The van der Waals surface area contributed by atoms with Crippen LogP contribution >= 0.6 is 0 Å². The molecule has 9 nitrogen and oxygen atoms in total. The van der Waals surface area contributed by atoms with Gasteiger partial charge in [0.25, 0.3) is 0 Å². The number of carbonyl (C=O) groups excluding carboxylic acids is 2. The van der Waals surface area contributed by atoms with Gasteiger partial charge in [0, 0.05) is 38.6 Å². The molecule has 1 aromatic rings. The van der Waals surface area contributed by atoms with E-state index in [4.69, 9.17) is 0 Å². The van der Waals surface area contributed by atoms with Gasteiger partial charge in [-0.1, -0.05) is 6.08 Å². The number of hydrogen-bond donors (Lipinski definition) is 1. The first-order chi connectivity index (χ1) is 11.9. The summed E-state index contributed by atoms with van der Waals surface area (Å²) < 4.78 is 1.15. The van der Waals surface area contributed by atoms with Crippen molar-refractivity contribution in [3.05, 3.63) is 41.6 Å². The molecule has 2 fully saturated rings. The van der Waals surface area contributed by atoms with Crippen LogP contribution in [0.4, 0.5) is 0 Å². The SMILES string of the molecule is C=CCN1C[C@@]2(C(=O)O)CN(C(=O)Cn3cccnc3=O)C[C@H]2C1=O. The summed E-state index contributed by atoms with van der Waals surface area (Å²) in [6.45, 7) is 3.65. The normalized spacial score (nSPS) is 25.1. The molecule has 0 aliphatic carbocycles. The molecule has 132 valence electrons. The van der Waals surface area contributed by atoms with Crippen LogP contribution in [0.3, 0.4) is 0 Å². The fourth-order valence-corrected chi connectivity index (χ4v) is 3.56. The number of carboxylic acids is 1. The fourth-order valence-electron chi connectivity index (χ4n) is 3.56. The van der Waals surface area contributed by atoms with E-state index >= 15 is 0 Å². The van der Waals surface area contributed by atoms with Crippen LogP contribution in [-0.4, -0.2) is 68.4 Å². The first kappa shape index (κ1) is 16.9. The van der Waals surface area contributed by atoms with Gasteiger partial charge in [-0.25, -0.2) is 9.78 Å². The lowest BCUT2D eigenvalue weighted by Crippen LogP contribution is -2.43. The van der Waals surface area contributed by atoms with E-state index < -0.39 is 28.9 Å². The first-order valence-electron chi connectivity index (χ1n) is 7.81. The van der Waals surface area contributed by atoms with E-state index in [1.165, 1.54) is 28.3 Å². The average Bonchev–Trinajstić information content (AvgIpc) is 3.07. The molecule has 1 aromatic heterocycles. The van der Waals surface area contributed by atoms with Crippen molar-refractivity contribution in [3.8, 4) is 0 Å². The third kappa shape index (κ3) is 2.71. The van der Waals surface area contributed by atoms with Gasteiger partial charge in [-0.15, -0.1) is 6.58 Å². The Labute approximate surface area is 143 Å². The maximum atomic E-state index is 12.5. The van der Waals surface area contributed by atoms with Crippen molar-refractivity contribution < 1.29 is 19.5 Å². The molecule has 0 radical (unpaired) electrons. The van der Waals surface area contributed by atoms with Crippen LogP contribution < -0.4 is 5.69 Å². The number of aliphatic carboxylic acids is 1. The average molecular weight is 346 g/mol. The van der Waals surface area contributed by atoms with Crippen molar-refractivity contribution in [3.63, 3.8) is 0 Å². The molecular formula is C16H18N4O5. The minimum atomic E-state index is -1.31. The molecule has 2 amide bonds. The van der Waals surface area contributed by atoms with Crippen molar-refractivity contribution >= 4 is 17.8 Å². The molecule has 0 saturated carbocycles. The third-order valence-corrected chi connectivity index (χ3v) is 4.84. The van der Waals surface area contributed by atoms with Gasteiger partial charge in [0.05, 0.1) is 5.92 Å². The Morgan fingerprint density at radius 3 is 2.76 bits per heavy atom. The predicted molar refractivity (Wildman–Crippen MR) is 85.4 cm³/mol. The van der Waals surface area contributed by atoms with Crippen LogP contribution in [-0.2, 0) is 20.9 Å². The van der Waals surface area contributed by atoms with Crippen LogP contribution in [0.1, 0.15) is 0 Å². The molecular weight excluding hydrogens is 328 g/mol. The Hall–Kier alpha value is -2.97. The second-order valence-corrected chi connectivity index (χ2v) is 6.33. The highest BCUT2D eigenvalue weighted by molar-refractivity contribution is 5.94. The van der Waals surface area contributed by atoms with Crippen molar-refractivity contribution in [2.45, 2.75) is 6.54 Å². The van der Waals surface area contributed by atoms with Crippen molar-refractivity contribution in [2.75, 3.05) is 26.2 Å². The van der Waals surface area contributed by atoms with Crippen molar-refractivity contribution in [1.29, 1.82) is 0 Å². The van der Waals surface area contributed by atoms with Crippen LogP contribution in [0, 0.1) is 11.3 Å². The van der Waals surface area contributed by atoms with Crippen LogP contribution in [0.5, 0.6) is 0 Å². The number of rotatable bonds is 5.